The molecule has 0 aliphatic carbocycles. The average molecular weight is 466 g/mol. The highest BCUT2D eigenvalue weighted by atomic mass is 127. The first-order valence-electron chi connectivity index (χ1n) is 7.91. The molecule has 6 nitrogen and oxygen atoms in total. The topological polar surface area (TPSA) is 79.6 Å². The van der Waals surface area contributed by atoms with Crippen LogP contribution < -0.4 is 10.6 Å². The SMILES string of the molecule is CCCCCNC(=NCc1ccc([N+](=O)[O-])cc1)NCCSC.I. The third-order valence-corrected chi connectivity index (χ3v) is 3.85. The van der Waals surface area contributed by atoms with Crippen LogP contribution in [0.3, 0.4) is 0 Å². The zero-order valence-electron chi connectivity index (χ0n) is 14.3. The Morgan fingerprint density at radius 3 is 2.46 bits per heavy atom. The van der Waals surface area contributed by atoms with Gasteiger partial charge in [-0.3, -0.25) is 10.1 Å². The zero-order chi connectivity index (χ0) is 16.9. The Morgan fingerprint density at radius 2 is 1.88 bits per heavy atom. The van der Waals surface area contributed by atoms with Crippen LogP contribution in [0.25, 0.3) is 0 Å². The van der Waals surface area contributed by atoms with Gasteiger partial charge in [0.25, 0.3) is 5.69 Å². The monoisotopic (exact) mass is 466 g/mol. The second-order valence-corrected chi connectivity index (χ2v) is 6.13. The molecule has 2 N–H and O–H groups in total. The molecule has 0 bridgehead atoms. The van der Waals surface area contributed by atoms with Crippen molar-refractivity contribution in [3.05, 3.63) is 39.9 Å². The quantitative estimate of drug-likeness (QED) is 0.137. The number of hydrogen-bond donors (Lipinski definition) is 2. The first-order chi connectivity index (χ1) is 11.2. The largest absolute Gasteiger partial charge is 0.356 e. The number of nitrogens with zero attached hydrogens (tertiary/aromatic N) is 2. The number of guanidine groups is 1. The molecule has 1 aromatic carbocycles. The van der Waals surface area contributed by atoms with Crippen LogP contribution in [0.15, 0.2) is 29.3 Å². The van der Waals surface area contributed by atoms with Crippen LogP contribution in [0.2, 0.25) is 0 Å². The van der Waals surface area contributed by atoms with E-state index in [9.17, 15) is 10.1 Å². The summed E-state index contributed by atoms with van der Waals surface area (Å²) >= 11 is 1.79. The minimum Gasteiger partial charge on any atom is -0.356 e. The van der Waals surface area contributed by atoms with Crippen molar-refractivity contribution in [2.75, 3.05) is 25.1 Å². The third-order valence-electron chi connectivity index (χ3n) is 3.24. The molecule has 0 saturated carbocycles. The van der Waals surface area contributed by atoms with Gasteiger partial charge in [0.2, 0.25) is 0 Å². The van der Waals surface area contributed by atoms with Gasteiger partial charge in [-0.05, 0) is 18.2 Å². The summed E-state index contributed by atoms with van der Waals surface area (Å²) in [7, 11) is 0. The Morgan fingerprint density at radius 1 is 1.21 bits per heavy atom. The number of halogens is 1. The Hall–Kier alpha value is -1.03. The molecule has 0 aromatic heterocycles. The standard InChI is InChI=1S/C16H26N4O2S.HI/c1-3-4-5-10-17-16(18-11-12-23-2)19-13-14-6-8-15(9-7-14)20(21)22;/h6-9H,3-5,10-13H2,1-2H3,(H2,17,18,19);1H. The molecular weight excluding hydrogens is 439 g/mol. The molecule has 0 fully saturated rings. The van der Waals surface area contributed by atoms with Gasteiger partial charge in [0.15, 0.2) is 5.96 Å². The Balaban J connectivity index is 0.00000529. The van der Waals surface area contributed by atoms with Gasteiger partial charge in [0.1, 0.15) is 0 Å². The van der Waals surface area contributed by atoms with Crippen molar-refractivity contribution in [3.63, 3.8) is 0 Å². The van der Waals surface area contributed by atoms with Crippen LogP contribution in [-0.4, -0.2) is 36.0 Å². The predicted molar refractivity (Wildman–Crippen MR) is 114 cm³/mol. The minimum absolute atomic E-state index is 0. The summed E-state index contributed by atoms with van der Waals surface area (Å²) < 4.78 is 0. The van der Waals surface area contributed by atoms with E-state index in [1.54, 1.807) is 23.9 Å². The van der Waals surface area contributed by atoms with Gasteiger partial charge in [-0.25, -0.2) is 4.99 Å². The van der Waals surface area contributed by atoms with E-state index in [0.29, 0.717) is 6.54 Å². The number of benzene rings is 1. The second kappa shape index (κ2) is 14.3. The Bertz CT molecular complexity index is 497. The summed E-state index contributed by atoms with van der Waals surface area (Å²) in [4.78, 5) is 14.8. The van der Waals surface area contributed by atoms with E-state index in [1.165, 1.54) is 25.0 Å². The maximum absolute atomic E-state index is 10.7. The van der Waals surface area contributed by atoms with Gasteiger partial charge in [0.05, 0.1) is 11.5 Å². The first-order valence-corrected chi connectivity index (χ1v) is 9.31. The molecule has 0 aliphatic rings. The van der Waals surface area contributed by atoms with Gasteiger partial charge >= 0.3 is 0 Å². The molecule has 1 rings (SSSR count). The highest BCUT2D eigenvalue weighted by Gasteiger charge is 2.04. The summed E-state index contributed by atoms with van der Waals surface area (Å²) in [6.45, 7) is 4.45. The van der Waals surface area contributed by atoms with Gasteiger partial charge in [0, 0.05) is 31.0 Å². The van der Waals surface area contributed by atoms with Crippen LogP contribution in [0, 0.1) is 10.1 Å². The first kappa shape index (κ1) is 23.0. The van der Waals surface area contributed by atoms with Crippen molar-refractivity contribution in [3.8, 4) is 0 Å². The number of nitrogens with one attached hydrogen (secondary N) is 2. The van der Waals surface area contributed by atoms with E-state index in [4.69, 9.17) is 0 Å². The Labute approximate surface area is 165 Å². The lowest BCUT2D eigenvalue weighted by Crippen LogP contribution is -2.39. The number of nitro groups is 1. The third kappa shape index (κ3) is 9.96. The van der Waals surface area contributed by atoms with Crippen LogP contribution in [0.4, 0.5) is 5.69 Å². The molecule has 0 atom stereocenters. The van der Waals surface area contributed by atoms with Crippen molar-refractivity contribution in [1.29, 1.82) is 0 Å². The highest BCUT2D eigenvalue weighted by Crippen LogP contribution is 2.12. The highest BCUT2D eigenvalue weighted by molar-refractivity contribution is 14.0. The predicted octanol–water partition coefficient (Wildman–Crippen LogP) is 3.80. The number of non-ortho nitro benzene ring substituents is 1. The van der Waals surface area contributed by atoms with Crippen molar-refractivity contribution >= 4 is 47.4 Å². The molecule has 136 valence electrons. The van der Waals surface area contributed by atoms with Crippen molar-refractivity contribution in [2.45, 2.75) is 32.7 Å². The number of rotatable bonds is 10. The van der Waals surface area contributed by atoms with E-state index in [-0.39, 0.29) is 29.7 Å². The van der Waals surface area contributed by atoms with Gasteiger partial charge in [-0.15, -0.1) is 24.0 Å². The summed E-state index contributed by atoms with van der Waals surface area (Å²) in [6.07, 6.45) is 5.59. The minimum atomic E-state index is -0.391. The maximum atomic E-state index is 10.7. The lowest BCUT2D eigenvalue weighted by Gasteiger charge is -2.12. The van der Waals surface area contributed by atoms with Crippen LogP contribution in [0.5, 0.6) is 0 Å². The van der Waals surface area contributed by atoms with E-state index in [0.717, 1.165) is 36.8 Å². The Kier molecular flexibility index (Phi) is 13.7. The second-order valence-electron chi connectivity index (χ2n) is 5.14. The molecule has 0 radical (unpaired) electrons. The maximum Gasteiger partial charge on any atom is 0.269 e. The zero-order valence-corrected chi connectivity index (χ0v) is 17.4. The molecule has 0 aliphatic heterocycles. The van der Waals surface area contributed by atoms with Crippen LogP contribution >= 0.6 is 35.7 Å². The summed E-state index contributed by atoms with van der Waals surface area (Å²) in [6, 6.07) is 6.52. The smallest absolute Gasteiger partial charge is 0.269 e. The number of aliphatic imine (C=N–C) groups is 1. The number of hydrogen-bond acceptors (Lipinski definition) is 4. The summed E-state index contributed by atoms with van der Waals surface area (Å²) in [5.41, 5.74) is 1.06. The van der Waals surface area contributed by atoms with E-state index < -0.39 is 4.92 Å². The number of thioether (sulfide) groups is 1. The van der Waals surface area contributed by atoms with Gasteiger partial charge in [-0.1, -0.05) is 31.9 Å². The lowest BCUT2D eigenvalue weighted by atomic mass is 10.2. The number of unbranched alkanes of at least 4 members (excludes halogenated alkanes) is 2. The fourth-order valence-electron chi connectivity index (χ4n) is 1.92. The van der Waals surface area contributed by atoms with Crippen molar-refractivity contribution < 1.29 is 4.92 Å². The van der Waals surface area contributed by atoms with Crippen LogP contribution in [-0.2, 0) is 6.54 Å². The van der Waals surface area contributed by atoms with E-state index >= 15 is 0 Å². The van der Waals surface area contributed by atoms with Gasteiger partial charge in [-0.2, -0.15) is 11.8 Å². The molecule has 8 heteroatoms. The summed E-state index contributed by atoms with van der Waals surface area (Å²) in [5.74, 6) is 1.82. The normalized spacial score (nSPS) is 10.8. The molecule has 0 heterocycles. The van der Waals surface area contributed by atoms with E-state index in [2.05, 4.69) is 28.8 Å². The van der Waals surface area contributed by atoms with Gasteiger partial charge < -0.3 is 10.6 Å². The average Bonchev–Trinajstić information content (AvgIpc) is 2.56. The van der Waals surface area contributed by atoms with Crippen molar-refractivity contribution in [2.24, 2.45) is 4.99 Å². The van der Waals surface area contributed by atoms with Crippen molar-refractivity contribution in [1.82, 2.24) is 10.6 Å². The lowest BCUT2D eigenvalue weighted by molar-refractivity contribution is -0.384. The molecule has 0 unspecified atom stereocenters. The fourth-order valence-corrected chi connectivity index (χ4v) is 2.23. The fraction of sp³-hybridized carbons (Fsp3) is 0.562. The summed E-state index contributed by atoms with van der Waals surface area (Å²) in [5, 5.41) is 17.3. The van der Waals surface area contributed by atoms with Crippen LogP contribution in [0.1, 0.15) is 31.7 Å². The molecule has 0 saturated heterocycles. The molecular formula is C16H27IN4O2S. The molecule has 24 heavy (non-hydrogen) atoms. The number of nitro benzene ring substituents is 1. The molecule has 0 spiro atoms. The van der Waals surface area contributed by atoms with E-state index in [1.807, 2.05) is 0 Å². The molecule has 0 amide bonds. The molecule has 1 aromatic rings.